The van der Waals surface area contributed by atoms with Crippen LogP contribution in [0.25, 0.3) is 0 Å². The second-order valence-corrected chi connectivity index (χ2v) is 9.86. The van der Waals surface area contributed by atoms with Gasteiger partial charge in [-0.1, -0.05) is 25.6 Å². The predicted molar refractivity (Wildman–Crippen MR) is 68.3 cm³/mol. The van der Waals surface area contributed by atoms with Crippen LogP contribution >= 0.6 is 11.3 Å². The second kappa shape index (κ2) is 5.28. The molecule has 0 radical (unpaired) electrons. The van der Waals surface area contributed by atoms with Gasteiger partial charge >= 0.3 is 5.97 Å². The molecule has 0 fully saturated rings. The van der Waals surface area contributed by atoms with Crippen LogP contribution in [0.1, 0.15) is 22.3 Å². The summed E-state index contributed by atoms with van der Waals surface area (Å²) in [5.41, 5.74) is 5.18. The van der Waals surface area contributed by atoms with Gasteiger partial charge in [0.2, 0.25) is 0 Å². The molecular formula is C11H15NO2SSi. The van der Waals surface area contributed by atoms with Gasteiger partial charge in [-0.3, -0.25) is 0 Å². The molecule has 3 nitrogen and oxygen atoms in total. The van der Waals surface area contributed by atoms with Gasteiger partial charge in [0.25, 0.3) is 0 Å². The van der Waals surface area contributed by atoms with Crippen LogP contribution in [0.4, 0.5) is 0 Å². The number of hydrogen-bond acceptors (Lipinski definition) is 4. The summed E-state index contributed by atoms with van der Waals surface area (Å²) in [5.74, 6) is 2.65. The van der Waals surface area contributed by atoms with Crippen LogP contribution < -0.4 is 0 Å². The summed E-state index contributed by atoms with van der Waals surface area (Å²) < 4.78 is 4.91. The number of thiazole rings is 1. The molecule has 0 bridgehead atoms. The molecule has 1 aromatic heterocycles. The van der Waals surface area contributed by atoms with E-state index in [1.54, 1.807) is 12.4 Å². The molecule has 0 unspecified atom stereocenters. The summed E-state index contributed by atoms with van der Waals surface area (Å²) in [6.45, 7) is 8.61. The Hall–Kier alpha value is -1.12. The summed E-state index contributed by atoms with van der Waals surface area (Å²) in [6.07, 6.45) is 0. The van der Waals surface area contributed by atoms with Gasteiger partial charge in [-0.15, -0.1) is 16.9 Å². The maximum atomic E-state index is 11.5. The Kier molecular flexibility index (Phi) is 4.27. The molecule has 0 aliphatic carbocycles. The lowest BCUT2D eigenvalue weighted by Crippen LogP contribution is -2.16. The van der Waals surface area contributed by atoms with E-state index in [-0.39, 0.29) is 5.97 Å². The number of carbonyl (C=O) groups is 1. The van der Waals surface area contributed by atoms with Crippen molar-refractivity contribution in [2.45, 2.75) is 26.6 Å². The highest BCUT2D eigenvalue weighted by molar-refractivity contribution is 7.10. The molecule has 0 aliphatic rings. The lowest BCUT2D eigenvalue weighted by Gasteiger charge is -2.03. The van der Waals surface area contributed by atoms with Crippen molar-refractivity contribution in [2.24, 2.45) is 0 Å². The number of esters is 1. The van der Waals surface area contributed by atoms with E-state index in [0.717, 1.165) is 0 Å². The fraction of sp³-hybridized carbons (Fsp3) is 0.455. The van der Waals surface area contributed by atoms with Gasteiger partial charge in [0.05, 0.1) is 12.1 Å². The van der Waals surface area contributed by atoms with Crippen LogP contribution in [0.2, 0.25) is 19.6 Å². The zero-order chi connectivity index (χ0) is 12.2. The Balaban J connectivity index is 2.94. The summed E-state index contributed by atoms with van der Waals surface area (Å²) >= 11 is 1.38. The van der Waals surface area contributed by atoms with E-state index in [1.165, 1.54) is 11.3 Å². The highest BCUT2D eigenvalue weighted by Crippen LogP contribution is 2.13. The third-order valence-electron chi connectivity index (χ3n) is 1.59. The molecule has 0 atom stereocenters. The van der Waals surface area contributed by atoms with Crippen molar-refractivity contribution in [3.05, 3.63) is 16.1 Å². The van der Waals surface area contributed by atoms with E-state index in [1.807, 2.05) is 0 Å². The van der Waals surface area contributed by atoms with Crippen molar-refractivity contribution in [3.8, 4) is 11.5 Å². The van der Waals surface area contributed by atoms with Gasteiger partial charge in [-0.2, -0.15) is 0 Å². The molecule has 86 valence electrons. The number of carbonyl (C=O) groups excluding carboxylic acids is 1. The SMILES string of the molecule is CCOC(=O)c1ncsc1C#C[Si](C)(C)C. The topological polar surface area (TPSA) is 39.2 Å². The first-order valence-corrected chi connectivity index (χ1v) is 9.46. The van der Waals surface area contributed by atoms with Gasteiger partial charge in [0.15, 0.2) is 5.69 Å². The smallest absolute Gasteiger partial charge is 0.359 e. The highest BCUT2D eigenvalue weighted by atomic mass is 32.1. The minimum Gasteiger partial charge on any atom is -0.461 e. The zero-order valence-electron chi connectivity index (χ0n) is 9.96. The highest BCUT2D eigenvalue weighted by Gasteiger charge is 2.15. The van der Waals surface area contributed by atoms with Crippen LogP contribution in [0.3, 0.4) is 0 Å². The van der Waals surface area contributed by atoms with Crippen LogP contribution in [0, 0.1) is 11.5 Å². The molecule has 1 rings (SSSR count). The lowest BCUT2D eigenvalue weighted by atomic mass is 10.4. The maximum Gasteiger partial charge on any atom is 0.359 e. The van der Waals surface area contributed by atoms with E-state index in [9.17, 15) is 4.79 Å². The van der Waals surface area contributed by atoms with E-state index < -0.39 is 8.07 Å². The maximum absolute atomic E-state index is 11.5. The van der Waals surface area contributed by atoms with Crippen molar-refractivity contribution >= 4 is 25.4 Å². The summed E-state index contributed by atoms with van der Waals surface area (Å²) in [5, 5.41) is 0. The van der Waals surface area contributed by atoms with Gasteiger partial charge in [0, 0.05) is 0 Å². The van der Waals surface area contributed by atoms with E-state index in [4.69, 9.17) is 4.74 Å². The molecular weight excluding hydrogens is 238 g/mol. The quantitative estimate of drug-likeness (QED) is 0.462. The summed E-state index contributed by atoms with van der Waals surface area (Å²) in [4.78, 5) is 16.2. The number of ether oxygens (including phenoxy) is 1. The van der Waals surface area contributed by atoms with Crippen LogP contribution in [0.5, 0.6) is 0 Å². The van der Waals surface area contributed by atoms with Crippen LogP contribution in [0.15, 0.2) is 5.51 Å². The Labute approximate surface area is 101 Å². The number of nitrogens with zero attached hydrogens (tertiary/aromatic N) is 1. The lowest BCUT2D eigenvalue weighted by molar-refractivity contribution is 0.0520. The normalized spacial score (nSPS) is 10.5. The Morgan fingerprint density at radius 3 is 2.81 bits per heavy atom. The standard InChI is InChI=1S/C11H15NO2SSi/c1-5-14-11(13)10-9(15-8-12-10)6-7-16(2,3)4/h8H,5H2,1-4H3. The predicted octanol–water partition coefficient (Wildman–Crippen LogP) is 2.55. The van der Waals surface area contributed by atoms with E-state index in [0.29, 0.717) is 17.2 Å². The fourth-order valence-corrected chi connectivity index (χ4v) is 2.14. The molecule has 1 heterocycles. The van der Waals surface area contributed by atoms with E-state index >= 15 is 0 Å². The number of rotatable bonds is 2. The zero-order valence-corrected chi connectivity index (χ0v) is 11.8. The van der Waals surface area contributed by atoms with Crippen molar-refractivity contribution in [2.75, 3.05) is 6.61 Å². The first-order valence-electron chi connectivity index (χ1n) is 5.08. The molecule has 1 aromatic rings. The minimum atomic E-state index is -1.42. The second-order valence-electron chi connectivity index (χ2n) is 4.25. The largest absolute Gasteiger partial charge is 0.461 e. The van der Waals surface area contributed by atoms with Crippen molar-refractivity contribution < 1.29 is 9.53 Å². The molecule has 0 saturated heterocycles. The molecule has 0 aromatic carbocycles. The molecule has 0 aliphatic heterocycles. The summed E-state index contributed by atoms with van der Waals surface area (Å²) in [6, 6.07) is 0. The Bertz CT molecular complexity index is 437. The fourth-order valence-electron chi connectivity index (χ4n) is 0.924. The van der Waals surface area contributed by atoms with E-state index in [2.05, 4.69) is 36.1 Å². The summed E-state index contributed by atoms with van der Waals surface area (Å²) in [7, 11) is -1.42. The van der Waals surface area contributed by atoms with Gasteiger partial charge in [0.1, 0.15) is 13.0 Å². The molecule has 0 spiro atoms. The molecule has 5 heteroatoms. The van der Waals surface area contributed by atoms with Gasteiger partial charge < -0.3 is 4.74 Å². The molecule has 0 N–H and O–H groups in total. The number of aromatic nitrogens is 1. The third-order valence-corrected chi connectivity index (χ3v) is 3.20. The van der Waals surface area contributed by atoms with Crippen molar-refractivity contribution in [1.82, 2.24) is 4.98 Å². The van der Waals surface area contributed by atoms with Gasteiger partial charge in [-0.05, 0) is 6.92 Å². The molecule has 0 amide bonds. The molecule has 16 heavy (non-hydrogen) atoms. The van der Waals surface area contributed by atoms with Crippen LogP contribution in [-0.2, 0) is 4.74 Å². The average molecular weight is 253 g/mol. The minimum absolute atomic E-state index is 0.345. The average Bonchev–Trinajstić information content (AvgIpc) is 2.61. The van der Waals surface area contributed by atoms with Crippen molar-refractivity contribution in [3.63, 3.8) is 0 Å². The third kappa shape index (κ3) is 3.80. The van der Waals surface area contributed by atoms with Crippen molar-refractivity contribution in [1.29, 1.82) is 0 Å². The monoisotopic (exact) mass is 253 g/mol. The first-order chi connectivity index (χ1) is 7.44. The van der Waals surface area contributed by atoms with Gasteiger partial charge in [-0.25, -0.2) is 9.78 Å². The van der Waals surface area contributed by atoms with Crippen LogP contribution in [-0.4, -0.2) is 25.6 Å². The Morgan fingerprint density at radius 2 is 2.25 bits per heavy atom. The first kappa shape index (κ1) is 12.9. The Morgan fingerprint density at radius 1 is 1.56 bits per heavy atom. The number of hydrogen-bond donors (Lipinski definition) is 0. The molecule has 0 saturated carbocycles.